The molecule has 186 valence electrons. The number of nitrogens with zero attached hydrogens (tertiary/aromatic N) is 1. The fourth-order valence-corrected chi connectivity index (χ4v) is 4.13. The van der Waals surface area contributed by atoms with Crippen molar-refractivity contribution in [3.63, 3.8) is 0 Å². The standard InChI is InChI=1S/C31H30F3NO/c1-30(2,3)21-8-9-24-19(12-21)13-22(31(4,5)6)14-25(24)18-7-10-28(36)20(11-18)17-35-29-26(33)15-23(32)16-27(29)34/h7-17,36H,1-6H3/b35-17+. The molecule has 0 fully saturated rings. The summed E-state index contributed by atoms with van der Waals surface area (Å²) in [6.07, 6.45) is 1.19. The summed E-state index contributed by atoms with van der Waals surface area (Å²) >= 11 is 0. The van der Waals surface area contributed by atoms with E-state index in [1.807, 2.05) is 6.07 Å². The smallest absolute Gasteiger partial charge is 0.154 e. The number of rotatable bonds is 3. The van der Waals surface area contributed by atoms with Crippen LogP contribution in [0.4, 0.5) is 18.9 Å². The number of aliphatic imine (C=N–C) groups is 1. The van der Waals surface area contributed by atoms with E-state index in [0.29, 0.717) is 12.1 Å². The van der Waals surface area contributed by atoms with Crippen LogP contribution in [-0.2, 0) is 10.8 Å². The molecule has 0 aromatic heterocycles. The Morgan fingerprint density at radius 2 is 1.33 bits per heavy atom. The molecule has 4 rings (SSSR count). The van der Waals surface area contributed by atoms with Crippen molar-refractivity contribution >= 4 is 22.7 Å². The van der Waals surface area contributed by atoms with Gasteiger partial charge in [0.25, 0.3) is 0 Å². The monoisotopic (exact) mass is 489 g/mol. The maximum absolute atomic E-state index is 14.0. The van der Waals surface area contributed by atoms with Crippen molar-refractivity contribution in [3.05, 3.63) is 94.8 Å². The van der Waals surface area contributed by atoms with E-state index >= 15 is 0 Å². The number of benzene rings is 4. The van der Waals surface area contributed by atoms with Gasteiger partial charge in [0, 0.05) is 23.9 Å². The minimum atomic E-state index is -1.11. The fourth-order valence-electron chi connectivity index (χ4n) is 4.13. The van der Waals surface area contributed by atoms with Crippen molar-refractivity contribution < 1.29 is 18.3 Å². The van der Waals surface area contributed by atoms with E-state index in [-0.39, 0.29) is 22.1 Å². The Bertz CT molecular complexity index is 1460. The molecule has 0 amide bonds. The number of aromatic hydroxyl groups is 1. The van der Waals surface area contributed by atoms with Gasteiger partial charge in [0.2, 0.25) is 0 Å². The van der Waals surface area contributed by atoms with Crippen LogP contribution in [0, 0.1) is 17.5 Å². The molecule has 1 N–H and O–H groups in total. The van der Waals surface area contributed by atoms with Crippen molar-refractivity contribution in [1.29, 1.82) is 0 Å². The molecule has 0 aliphatic rings. The van der Waals surface area contributed by atoms with Crippen molar-refractivity contribution in [3.8, 4) is 16.9 Å². The van der Waals surface area contributed by atoms with E-state index in [9.17, 15) is 18.3 Å². The molecule has 0 aliphatic carbocycles. The molecule has 4 aromatic rings. The Morgan fingerprint density at radius 1 is 0.722 bits per heavy atom. The molecular weight excluding hydrogens is 459 g/mol. The lowest BCUT2D eigenvalue weighted by Crippen LogP contribution is -2.12. The van der Waals surface area contributed by atoms with Gasteiger partial charge in [-0.3, -0.25) is 0 Å². The number of halogens is 3. The summed E-state index contributed by atoms with van der Waals surface area (Å²) < 4.78 is 41.3. The van der Waals surface area contributed by atoms with Crippen LogP contribution in [0.25, 0.3) is 21.9 Å². The van der Waals surface area contributed by atoms with Crippen LogP contribution in [0.2, 0.25) is 0 Å². The molecule has 0 unspecified atom stereocenters. The Hall–Kier alpha value is -3.60. The minimum Gasteiger partial charge on any atom is -0.507 e. The number of hydrogen-bond acceptors (Lipinski definition) is 2. The minimum absolute atomic E-state index is 0.000831. The first-order chi connectivity index (χ1) is 16.7. The van der Waals surface area contributed by atoms with E-state index in [1.54, 1.807) is 6.07 Å². The predicted molar refractivity (Wildman–Crippen MR) is 142 cm³/mol. The highest BCUT2D eigenvalue weighted by Crippen LogP contribution is 2.38. The Balaban J connectivity index is 1.88. The molecule has 0 spiro atoms. The molecule has 4 aromatic carbocycles. The summed E-state index contributed by atoms with van der Waals surface area (Å²) in [7, 11) is 0. The molecule has 0 saturated carbocycles. The Kier molecular flexibility index (Phi) is 6.46. The van der Waals surface area contributed by atoms with Gasteiger partial charge in [0.05, 0.1) is 0 Å². The summed E-state index contributed by atoms with van der Waals surface area (Å²) in [4.78, 5) is 3.87. The average Bonchev–Trinajstić information content (AvgIpc) is 2.77. The molecule has 0 saturated heterocycles. The second kappa shape index (κ2) is 9.12. The predicted octanol–water partition coefficient (Wildman–Crippen LogP) is 8.98. The first-order valence-electron chi connectivity index (χ1n) is 11.8. The molecule has 5 heteroatoms. The normalized spacial score (nSPS) is 12.6. The number of hydrogen-bond donors (Lipinski definition) is 1. The summed E-state index contributed by atoms with van der Waals surface area (Å²) in [5, 5.41) is 12.6. The second-order valence-electron chi connectivity index (χ2n) is 11.2. The zero-order valence-electron chi connectivity index (χ0n) is 21.4. The van der Waals surface area contributed by atoms with Crippen LogP contribution in [0.3, 0.4) is 0 Å². The van der Waals surface area contributed by atoms with Gasteiger partial charge in [-0.25, -0.2) is 18.2 Å². The molecule has 0 heterocycles. The molecule has 36 heavy (non-hydrogen) atoms. The maximum Gasteiger partial charge on any atom is 0.154 e. The Morgan fingerprint density at radius 3 is 1.94 bits per heavy atom. The third kappa shape index (κ3) is 5.15. The van der Waals surface area contributed by atoms with Gasteiger partial charge in [-0.2, -0.15) is 0 Å². The van der Waals surface area contributed by atoms with Crippen LogP contribution in [0.15, 0.2) is 65.7 Å². The summed E-state index contributed by atoms with van der Waals surface area (Å²) in [6.45, 7) is 13.0. The van der Waals surface area contributed by atoms with E-state index < -0.39 is 23.1 Å². The third-order valence-electron chi connectivity index (χ3n) is 6.34. The summed E-state index contributed by atoms with van der Waals surface area (Å²) in [5.74, 6) is -3.33. The van der Waals surface area contributed by atoms with Crippen molar-refractivity contribution in [2.24, 2.45) is 4.99 Å². The molecule has 0 aliphatic heterocycles. The lowest BCUT2D eigenvalue weighted by atomic mass is 9.81. The van der Waals surface area contributed by atoms with Gasteiger partial charge in [0.1, 0.15) is 17.3 Å². The quantitative estimate of drug-likeness (QED) is 0.286. The molecule has 0 bridgehead atoms. The van der Waals surface area contributed by atoms with Gasteiger partial charge in [-0.15, -0.1) is 0 Å². The van der Waals surface area contributed by atoms with Crippen molar-refractivity contribution in [2.45, 2.75) is 52.4 Å². The van der Waals surface area contributed by atoms with Crippen LogP contribution < -0.4 is 0 Å². The fraction of sp³-hybridized carbons (Fsp3) is 0.258. The van der Waals surface area contributed by atoms with Gasteiger partial charge >= 0.3 is 0 Å². The van der Waals surface area contributed by atoms with E-state index in [1.165, 1.54) is 17.8 Å². The van der Waals surface area contributed by atoms with Gasteiger partial charge in [-0.05, 0) is 62.1 Å². The van der Waals surface area contributed by atoms with E-state index in [0.717, 1.165) is 27.5 Å². The average molecular weight is 490 g/mol. The highest BCUT2D eigenvalue weighted by Gasteiger charge is 2.20. The lowest BCUT2D eigenvalue weighted by Gasteiger charge is -2.24. The van der Waals surface area contributed by atoms with Crippen molar-refractivity contribution in [1.82, 2.24) is 0 Å². The first kappa shape index (κ1) is 25.5. The van der Waals surface area contributed by atoms with Gasteiger partial charge in [-0.1, -0.05) is 71.9 Å². The van der Waals surface area contributed by atoms with Crippen LogP contribution in [0.5, 0.6) is 5.75 Å². The molecular formula is C31H30F3NO. The summed E-state index contributed by atoms with van der Waals surface area (Å²) in [6, 6.07) is 17.0. The molecule has 0 atom stereocenters. The largest absolute Gasteiger partial charge is 0.507 e. The Labute approximate surface area is 210 Å². The number of fused-ring (bicyclic) bond motifs is 1. The molecule has 2 nitrogen and oxygen atoms in total. The maximum atomic E-state index is 14.0. The topological polar surface area (TPSA) is 32.6 Å². The van der Waals surface area contributed by atoms with Crippen LogP contribution in [-0.4, -0.2) is 11.3 Å². The SMILES string of the molecule is CC(C)(C)c1ccc2c(-c3ccc(O)c(/C=N/c4c(F)cc(F)cc4F)c3)cc(C(C)(C)C)cc2c1. The van der Waals surface area contributed by atoms with E-state index in [4.69, 9.17) is 0 Å². The van der Waals surface area contributed by atoms with Crippen LogP contribution >= 0.6 is 0 Å². The van der Waals surface area contributed by atoms with Gasteiger partial charge < -0.3 is 5.11 Å². The zero-order chi connectivity index (χ0) is 26.4. The lowest BCUT2D eigenvalue weighted by molar-refractivity contribution is 0.474. The summed E-state index contributed by atoms with van der Waals surface area (Å²) in [5.41, 5.74) is 3.77. The van der Waals surface area contributed by atoms with Gasteiger partial charge in [0.15, 0.2) is 11.6 Å². The third-order valence-corrected chi connectivity index (χ3v) is 6.34. The molecule has 0 radical (unpaired) electrons. The zero-order valence-corrected chi connectivity index (χ0v) is 21.4. The highest BCUT2D eigenvalue weighted by molar-refractivity contribution is 5.99. The van der Waals surface area contributed by atoms with Crippen LogP contribution in [0.1, 0.15) is 58.2 Å². The number of phenolic OH excluding ortho intramolecular Hbond substituents is 1. The number of phenols is 1. The first-order valence-corrected chi connectivity index (χ1v) is 11.8. The van der Waals surface area contributed by atoms with E-state index in [2.05, 4.69) is 76.9 Å². The second-order valence-corrected chi connectivity index (χ2v) is 11.2. The highest BCUT2D eigenvalue weighted by atomic mass is 19.1. The van der Waals surface area contributed by atoms with Crippen molar-refractivity contribution in [2.75, 3.05) is 0 Å².